The minimum atomic E-state index is -0.210. The molecule has 96 valence electrons. The van der Waals surface area contributed by atoms with Crippen LogP contribution in [-0.4, -0.2) is 4.57 Å². The molecule has 0 radical (unpaired) electrons. The summed E-state index contributed by atoms with van der Waals surface area (Å²) in [5, 5.41) is 9.05. The number of pyridine rings is 1. The lowest BCUT2D eigenvalue weighted by atomic mass is 10.1. The Balaban J connectivity index is 2.49. The Hall–Kier alpha value is -1.61. The van der Waals surface area contributed by atoms with Crippen LogP contribution in [0.1, 0.15) is 22.4 Å². The number of halogens is 1. The monoisotopic (exact) mass is 364 g/mol. The van der Waals surface area contributed by atoms with Crippen molar-refractivity contribution in [2.24, 2.45) is 0 Å². The number of benzene rings is 1. The number of nitrogens with zero attached hydrogens (tertiary/aromatic N) is 2. The largest absolute Gasteiger partial charge is 0.307 e. The molecular weight excluding hydrogens is 351 g/mol. The van der Waals surface area contributed by atoms with Crippen molar-refractivity contribution in [2.75, 3.05) is 0 Å². The van der Waals surface area contributed by atoms with E-state index in [1.807, 2.05) is 43.3 Å². The summed E-state index contributed by atoms with van der Waals surface area (Å²) in [5.74, 6) is 0. The zero-order chi connectivity index (χ0) is 14.0. The second-order valence-electron chi connectivity index (χ2n) is 4.47. The van der Waals surface area contributed by atoms with Crippen LogP contribution in [0.15, 0.2) is 35.1 Å². The quantitative estimate of drug-likeness (QED) is 0.770. The van der Waals surface area contributed by atoms with Crippen molar-refractivity contribution >= 4 is 22.6 Å². The molecule has 1 aromatic carbocycles. The van der Waals surface area contributed by atoms with Crippen LogP contribution >= 0.6 is 22.6 Å². The van der Waals surface area contributed by atoms with Crippen LogP contribution < -0.4 is 5.56 Å². The van der Waals surface area contributed by atoms with Crippen LogP contribution in [0.3, 0.4) is 0 Å². The number of aryl methyl sites for hydroxylation is 2. The van der Waals surface area contributed by atoms with Crippen molar-refractivity contribution in [3.05, 3.63) is 66.6 Å². The second-order valence-corrected chi connectivity index (χ2v) is 5.72. The van der Waals surface area contributed by atoms with Gasteiger partial charge in [-0.25, -0.2) is 0 Å². The molecule has 0 fully saturated rings. The Morgan fingerprint density at radius 2 is 1.89 bits per heavy atom. The molecule has 2 aromatic rings. The van der Waals surface area contributed by atoms with Crippen LogP contribution in [0.25, 0.3) is 0 Å². The molecule has 0 amide bonds. The third kappa shape index (κ3) is 2.87. The number of rotatable bonds is 2. The van der Waals surface area contributed by atoms with Gasteiger partial charge in [-0.2, -0.15) is 5.26 Å². The molecular formula is C15H13IN2O. The zero-order valence-corrected chi connectivity index (χ0v) is 12.9. The normalized spacial score (nSPS) is 10.2. The fourth-order valence-corrected chi connectivity index (χ4v) is 2.39. The van der Waals surface area contributed by atoms with Gasteiger partial charge in [0.2, 0.25) is 0 Å². The standard InChI is InChI=1S/C15H13IN2O/c1-10-7-11(2)18(15(19)14(10)8-17)9-12-3-5-13(16)6-4-12/h3-7H,9H2,1-2H3. The van der Waals surface area contributed by atoms with E-state index in [4.69, 9.17) is 5.26 Å². The molecule has 4 heteroatoms. The molecule has 0 N–H and O–H groups in total. The summed E-state index contributed by atoms with van der Waals surface area (Å²) < 4.78 is 2.81. The van der Waals surface area contributed by atoms with Crippen molar-refractivity contribution in [2.45, 2.75) is 20.4 Å². The van der Waals surface area contributed by atoms with Crippen LogP contribution in [0.4, 0.5) is 0 Å². The molecule has 1 heterocycles. The average molecular weight is 364 g/mol. The summed E-state index contributed by atoms with van der Waals surface area (Å²) in [6.07, 6.45) is 0. The Morgan fingerprint density at radius 1 is 1.26 bits per heavy atom. The summed E-state index contributed by atoms with van der Waals surface area (Å²) in [5.41, 5.74) is 2.69. The molecule has 0 saturated heterocycles. The number of nitriles is 1. The van der Waals surface area contributed by atoms with E-state index in [9.17, 15) is 4.79 Å². The molecule has 0 unspecified atom stereocenters. The summed E-state index contributed by atoms with van der Waals surface area (Å²) in [6.45, 7) is 4.18. The molecule has 0 saturated carbocycles. The first-order chi connectivity index (χ1) is 9.02. The van der Waals surface area contributed by atoms with Gasteiger partial charge in [0, 0.05) is 9.26 Å². The SMILES string of the molecule is Cc1cc(C)n(Cc2ccc(I)cc2)c(=O)c1C#N. The maximum atomic E-state index is 12.3. The van der Waals surface area contributed by atoms with Gasteiger partial charge in [-0.1, -0.05) is 12.1 Å². The zero-order valence-electron chi connectivity index (χ0n) is 10.8. The van der Waals surface area contributed by atoms with Gasteiger partial charge in [0.05, 0.1) is 6.54 Å². The van der Waals surface area contributed by atoms with Crippen molar-refractivity contribution in [1.82, 2.24) is 4.57 Å². The van der Waals surface area contributed by atoms with Gasteiger partial charge in [0.15, 0.2) is 0 Å². The number of hydrogen-bond donors (Lipinski definition) is 0. The lowest BCUT2D eigenvalue weighted by molar-refractivity contribution is 0.724. The number of hydrogen-bond acceptors (Lipinski definition) is 2. The highest BCUT2D eigenvalue weighted by molar-refractivity contribution is 14.1. The van der Waals surface area contributed by atoms with E-state index in [2.05, 4.69) is 22.6 Å². The maximum Gasteiger partial charge on any atom is 0.269 e. The Bertz CT molecular complexity index is 709. The lowest BCUT2D eigenvalue weighted by Gasteiger charge is -2.12. The second kappa shape index (κ2) is 5.57. The average Bonchev–Trinajstić information content (AvgIpc) is 2.37. The molecule has 1 aromatic heterocycles. The lowest BCUT2D eigenvalue weighted by Crippen LogP contribution is -2.26. The number of aromatic nitrogens is 1. The first-order valence-corrected chi connectivity index (χ1v) is 6.96. The van der Waals surface area contributed by atoms with E-state index in [0.29, 0.717) is 6.54 Å². The molecule has 3 nitrogen and oxygen atoms in total. The fourth-order valence-electron chi connectivity index (χ4n) is 2.03. The van der Waals surface area contributed by atoms with Crippen LogP contribution in [0.5, 0.6) is 0 Å². The predicted molar refractivity (Wildman–Crippen MR) is 83.2 cm³/mol. The first-order valence-electron chi connectivity index (χ1n) is 5.88. The highest BCUT2D eigenvalue weighted by Gasteiger charge is 2.10. The van der Waals surface area contributed by atoms with Gasteiger partial charge in [0.25, 0.3) is 5.56 Å². The van der Waals surface area contributed by atoms with Gasteiger partial charge in [0.1, 0.15) is 11.6 Å². The molecule has 0 aliphatic carbocycles. The summed E-state index contributed by atoms with van der Waals surface area (Å²) in [6, 6.07) is 11.9. The third-order valence-corrected chi connectivity index (χ3v) is 3.79. The minimum absolute atomic E-state index is 0.210. The fraction of sp³-hybridized carbons (Fsp3) is 0.200. The Kier molecular flexibility index (Phi) is 4.05. The highest BCUT2D eigenvalue weighted by atomic mass is 127. The van der Waals surface area contributed by atoms with Gasteiger partial charge >= 0.3 is 0 Å². The van der Waals surface area contributed by atoms with E-state index in [-0.39, 0.29) is 11.1 Å². The van der Waals surface area contributed by atoms with Crippen LogP contribution in [0, 0.1) is 28.7 Å². The topological polar surface area (TPSA) is 45.8 Å². The minimum Gasteiger partial charge on any atom is -0.307 e. The van der Waals surface area contributed by atoms with Gasteiger partial charge < -0.3 is 4.57 Å². The summed E-state index contributed by atoms with van der Waals surface area (Å²) in [4.78, 5) is 12.3. The van der Waals surface area contributed by atoms with Gasteiger partial charge in [-0.3, -0.25) is 4.79 Å². The van der Waals surface area contributed by atoms with E-state index >= 15 is 0 Å². The Morgan fingerprint density at radius 3 is 2.47 bits per heavy atom. The highest BCUT2D eigenvalue weighted by Crippen LogP contribution is 2.10. The molecule has 0 aliphatic heterocycles. The van der Waals surface area contributed by atoms with E-state index in [1.165, 1.54) is 0 Å². The van der Waals surface area contributed by atoms with Crippen molar-refractivity contribution < 1.29 is 0 Å². The molecule has 2 rings (SSSR count). The van der Waals surface area contributed by atoms with E-state index in [1.54, 1.807) is 11.5 Å². The van der Waals surface area contributed by atoms with Crippen molar-refractivity contribution in [3.63, 3.8) is 0 Å². The van der Waals surface area contributed by atoms with Crippen molar-refractivity contribution in [1.29, 1.82) is 5.26 Å². The predicted octanol–water partition coefficient (Wildman–Crippen LogP) is 2.99. The van der Waals surface area contributed by atoms with Crippen LogP contribution in [0.2, 0.25) is 0 Å². The first kappa shape index (κ1) is 13.8. The molecule has 19 heavy (non-hydrogen) atoms. The molecule has 0 aliphatic rings. The van der Waals surface area contributed by atoms with Crippen molar-refractivity contribution in [3.8, 4) is 6.07 Å². The maximum absolute atomic E-state index is 12.3. The summed E-state index contributed by atoms with van der Waals surface area (Å²) in [7, 11) is 0. The molecule has 0 spiro atoms. The summed E-state index contributed by atoms with van der Waals surface area (Å²) >= 11 is 2.24. The van der Waals surface area contributed by atoms with E-state index < -0.39 is 0 Å². The van der Waals surface area contributed by atoms with Crippen LogP contribution in [-0.2, 0) is 6.54 Å². The smallest absolute Gasteiger partial charge is 0.269 e. The van der Waals surface area contributed by atoms with E-state index in [0.717, 1.165) is 20.4 Å². The van der Waals surface area contributed by atoms with Gasteiger partial charge in [-0.15, -0.1) is 0 Å². The third-order valence-electron chi connectivity index (χ3n) is 3.07. The van der Waals surface area contributed by atoms with Gasteiger partial charge in [-0.05, 0) is 65.8 Å². The molecule has 0 bridgehead atoms. The Labute approximate surface area is 125 Å². The molecule has 0 atom stereocenters.